The van der Waals surface area contributed by atoms with Crippen LogP contribution >= 0.6 is 0 Å². The number of carbonyl (C=O) groups is 1. The average molecular weight is 142 g/mol. The summed E-state index contributed by atoms with van der Waals surface area (Å²) in [6.07, 6.45) is 5.52. The predicted molar refractivity (Wildman–Crippen MR) is 40.8 cm³/mol. The number of carboxylic acids is 1. The molecule has 0 spiro atoms. The van der Waals surface area contributed by atoms with Crippen molar-refractivity contribution in [3.8, 4) is 0 Å². The summed E-state index contributed by atoms with van der Waals surface area (Å²) < 4.78 is 0. The summed E-state index contributed by atoms with van der Waals surface area (Å²) >= 11 is 0. The van der Waals surface area contributed by atoms with Gasteiger partial charge in [-0.15, -0.1) is 0 Å². The summed E-state index contributed by atoms with van der Waals surface area (Å²) in [5.41, 5.74) is 0. The van der Waals surface area contributed by atoms with E-state index in [4.69, 9.17) is 5.11 Å². The Morgan fingerprint density at radius 3 is 2.60 bits per heavy atom. The molecule has 0 radical (unpaired) electrons. The van der Waals surface area contributed by atoms with Gasteiger partial charge in [-0.05, 0) is 12.8 Å². The van der Waals surface area contributed by atoms with Gasteiger partial charge in [-0.3, -0.25) is 4.79 Å². The number of aliphatic carboxylic acids is 1. The predicted octanol–water partition coefficient (Wildman–Crippen LogP) is 2.06. The molecule has 0 aromatic heterocycles. The lowest BCUT2D eigenvalue weighted by Crippen LogP contribution is -2.07. The van der Waals surface area contributed by atoms with Gasteiger partial charge in [-0.1, -0.05) is 26.0 Å². The van der Waals surface area contributed by atoms with E-state index in [0.717, 1.165) is 6.42 Å². The van der Waals surface area contributed by atoms with Gasteiger partial charge < -0.3 is 5.11 Å². The van der Waals surface area contributed by atoms with Crippen LogP contribution in [-0.4, -0.2) is 11.1 Å². The monoisotopic (exact) mass is 142 g/mol. The zero-order valence-corrected chi connectivity index (χ0v) is 6.50. The normalized spacial score (nSPS) is 13.8. The van der Waals surface area contributed by atoms with Crippen LogP contribution in [-0.2, 0) is 4.79 Å². The van der Waals surface area contributed by atoms with Gasteiger partial charge in [-0.2, -0.15) is 0 Å². The molecule has 0 saturated carbocycles. The van der Waals surface area contributed by atoms with E-state index in [1.54, 1.807) is 6.92 Å². The number of hydrogen-bond acceptors (Lipinski definition) is 1. The second-order valence-electron chi connectivity index (χ2n) is 2.35. The van der Waals surface area contributed by atoms with Gasteiger partial charge in [0.2, 0.25) is 0 Å². The molecule has 1 atom stereocenters. The highest BCUT2D eigenvalue weighted by molar-refractivity contribution is 5.69. The number of carboxylic acid groups (broad SMARTS) is 1. The van der Waals surface area contributed by atoms with E-state index in [0.29, 0.717) is 6.42 Å². The van der Waals surface area contributed by atoms with E-state index in [1.165, 1.54) is 0 Å². The number of rotatable bonds is 4. The van der Waals surface area contributed by atoms with Gasteiger partial charge in [0, 0.05) is 0 Å². The second-order valence-corrected chi connectivity index (χ2v) is 2.35. The van der Waals surface area contributed by atoms with Crippen molar-refractivity contribution >= 4 is 5.97 Å². The largest absolute Gasteiger partial charge is 0.481 e. The lowest BCUT2D eigenvalue weighted by atomic mass is 10.1. The summed E-state index contributed by atoms with van der Waals surface area (Å²) in [4.78, 5) is 10.3. The summed E-state index contributed by atoms with van der Waals surface area (Å²) in [5, 5.41) is 8.45. The Balaban J connectivity index is 3.48. The Kier molecular flexibility index (Phi) is 4.63. The first-order valence-electron chi connectivity index (χ1n) is 3.56. The van der Waals surface area contributed by atoms with Crippen LogP contribution in [0.2, 0.25) is 0 Å². The standard InChI is InChI=1S/C8H14O2/c1-3-4-5-6-7(2)8(9)10/h4-5,7H,3,6H2,1-2H3,(H,9,10)/b5-4+/t7-/m0/s1. The van der Waals surface area contributed by atoms with Crippen LogP contribution in [0.5, 0.6) is 0 Å². The van der Waals surface area contributed by atoms with Crippen molar-refractivity contribution in [1.82, 2.24) is 0 Å². The Bertz CT molecular complexity index is 127. The molecule has 0 aliphatic carbocycles. The van der Waals surface area contributed by atoms with Crippen molar-refractivity contribution in [2.24, 2.45) is 5.92 Å². The van der Waals surface area contributed by atoms with E-state index in [1.807, 2.05) is 19.1 Å². The van der Waals surface area contributed by atoms with Crippen LogP contribution in [0, 0.1) is 5.92 Å². The molecule has 58 valence electrons. The topological polar surface area (TPSA) is 37.3 Å². The lowest BCUT2D eigenvalue weighted by molar-refractivity contribution is -0.140. The van der Waals surface area contributed by atoms with Gasteiger partial charge in [0.25, 0.3) is 0 Å². The Labute approximate surface area is 61.6 Å². The fraction of sp³-hybridized carbons (Fsp3) is 0.625. The third kappa shape index (κ3) is 4.13. The van der Waals surface area contributed by atoms with E-state index in [-0.39, 0.29) is 5.92 Å². The third-order valence-corrected chi connectivity index (χ3v) is 1.31. The second kappa shape index (κ2) is 5.03. The first-order valence-corrected chi connectivity index (χ1v) is 3.56. The average Bonchev–Trinajstić information content (AvgIpc) is 1.88. The third-order valence-electron chi connectivity index (χ3n) is 1.31. The summed E-state index contributed by atoms with van der Waals surface area (Å²) in [6.45, 7) is 3.74. The molecule has 0 unspecified atom stereocenters. The maximum absolute atomic E-state index is 10.3. The number of hydrogen-bond donors (Lipinski definition) is 1. The molecule has 0 amide bonds. The molecule has 0 heterocycles. The summed E-state index contributed by atoms with van der Waals surface area (Å²) in [5.74, 6) is -0.969. The fourth-order valence-electron chi connectivity index (χ4n) is 0.568. The maximum atomic E-state index is 10.3. The molecule has 0 saturated heterocycles. The van der Waals surface area contributed by atoms with Crippen molar-refractivity contribution in [3.63, 3.8) is 0 Å². The van der Waals surface area contributed by atoms with E-state index >= 15 is 0 Å². The minimum Gasteiger partial charge on any atom is -0.481 e. The molecule has 2 nitrogen and oxygen atoms in total. The molecule has 0 aromatic rings. The molecular formula is C8H14O2. The molecule has 0 aromatic carbocycles. The lowest BCUT2D eigenvalue weighted by Gasteiger charge is -1.98. The highest BCUT2D eigenvalue weighted by Gasteiger charge is 2.06. The zero-order chi connectivity index (χ0) is 7.98. The minimum atomic E-state index is -0.722. The maximum Gasteiger partial charge on any atom is 0.306 e. The molecule has 0 rings (SSSR count). The number of allylic oxidation sites excluding steroid dienone is 2. The minimum absolute atomic E-state index is 0.247. The first-order chi connectivity index (χ1) is 4.68. The smallest absolute Gasteiger partial charge is 0.306 e. The van der Waals surface area contributed by atoms with E-state index < -0.39 is 5.97 Å². The van der Waals surface area contributed by atoms with Crippen molar-refractivity contribution in [2.75, 3.05) is 0 Å². The Morgan fingerprint density at radius 2 is 2.20 bits per heavy atom. The highest BCUT2D eigenvalue weighted by Crippen LogP contribution is 2.02. The molecular weight excluding hydrogens is 128 g/mol. The van der Waals surface area contributed by atoms with Crippen molar-refractivity contribution < 1.29 is 9.90 Å². The van der Waals surface area contributed by atoms with Gasteiger partial charge in [0.15, 0.2) is 0 Å². The zero-order valence-electron chi connectivity index (χ0n) is 6.50. The fourth-order valence-corrected chi connectivity index (χ4v) is 0.568. The molecule has 0 bridgehead atoms. The van der Waals surface area contributed by atoms with E-state index in [2.05, 4.69) is 0 Å². The van der Waals surface area contributed by atoms with Crippen LogP contribution in [0.15, 0.2) is 12.2 Å². The van der Waals surface area contributed by atoms with Crippen LogP contribution in [0.25, 0.3) is 0 Å². The Hall–Kier alpha value is -0.790. The molecule has 10 heavy (non-hydrogen) atoms. The van der Waals surface area contributed by atoms with Crippen LogP contribution < -0.4 is 0 Å². The summed E-state index contributed by atoms with van der Waals surface area (Å²) in [7, 11) is 0. The van der Waals surface area contributed by atoms with Gasteiger partial charge in [0.1, 0.15) is 0 Å². The van der Waals surface area contributed by atoms with Crippen molar-refractivity contribution in [2.45, 2.75) is 26.7 Å². The van der Waals surface area contributed by atoms with Gasteiger partial charge >= 0.3 is 5.97 Å². The van der Waals surface area contributed by atoms with Crippen LogP contribution in [0.3, 0.4) is 0 Å². The van der Waals surface area contributed by atoms with Crippen molar-refractivity contribution in [3.05, 3.63) is 12.2 Å². The quantitative estimate of drug-likeness (QED) is 0.610. The van der Waals surface area contributed by atoms with Crippen LogP contribution in [0.1, 0.15) is 26.7 Å². The summed E-state index contributed by atoms with van der Waals surface area (Å²) in [6, 6.07) is 0. The molecule has 0 aliphatic heterocycles. The SMILES string of the molecule is CC/C=C/C[C@H](C)C(=O)O. The molecule has 0 aliphatic rings. The molecule has 0 fully saturated rings. The molecule has 1 N–H and O–H groups in total. The van der Waals surface area contributed by atoms with Crippen LogP contribution in [0.4, 0.5) is 0 Å². The highest BCUT2D eigenvalue weighted by atomic mass is 16.4. The van der Waals surface area contributed by atoms with Gasteiger partial charge in [0.05, 0.1) is 5.92 Å². The van der Waals surface area contributed by atoms with Gasteiger partial charge in [-0.25, -0.2) is 0 Å². The van der Waals surface area contributed by atoms with E-state index in [9.17, 15) is 4.79 Å². The molecule has 2 heteroatoms. The Morgan fingerprint density at radius 1 is 1.60 bits per heavy atom. The van der Waals surface area contributed by atoms with Crippen molar-refractivity contribution in [1.29, 1.82) is 0 Å². The first kappa shape index (κ1) is 9.21.